The van der Waals surface area contributed by atoms with Crippen molar-refractivity contribution in [2.75, 3.05) is 19.7 Å². The monoisotopic (exact) mass is 310 g/mol. The normalized spacial score (nSPS) is 27.8. The highest BCUT2D eigenvalue weighted by Crippen LogP contribution is 2.27. The Labute approximate surface area is 132 Å². The van der Waals surface area contributed by atoms with E-state index in [-0.39, 0.29) is 24.2 Å². The van der Waals surface area contributed by atoms with Gasteiger partial charge >= 0.3 is 0 Å². The SMILES string of the molecule is CC1CNCCC1NC(=O)C1COc2ccccc2C1.Cl. The van der Waals surface area contributed by atoms with Gasteiger partial charge in [0.1, 0.15) is 12.4 Å². The number of carbonyl (C=O) groups excluding carboxylic acids is 1. The summed E-state index contributed by atoms with van der Waals surface area (Å²) in [5.41, 5.74) is 1.14. The van der Waals surface area contributed by atoms with Crippen LogP contribution in [-0.4, -0.2) is 31.6 Å². The maximum Gasteiger partial charge on any atom is 0.227 e. The molecular formula is C16H23ClN2O2. The maximum absolute atomic E-state index is 12.4. The van der Waals surface area contributed by atoms with E-state index < -0.39 is 0 Å². The van der Waals surface area contributed by atoms with Crippen LogP contribution in [0.15, 0.2) is 24.3 Å². The number of para-hydroxylation sites is 1. The third-order valence-corrected chi connectivity index (χ3v) is 4.36. The first-order valence-electron chi connectivity index (χ1n) is 7.46. The molecular weight excluding hydrogens is 288 g/mol. The van der Waals surface area contributed by atoms with Gasteiger partial charge in [0.25, 0.3) is 0 Å². The quantitative estimate of drug-likeness (QED) is 0.875. The van der Waals surface area contributed by atoms with Crippen molar-refractivity contribution in [1.82, 2.24) is 10.6 Å². The predicted octanol–water partition coefficient (Wildman–Crippen LogP) is 1.77. The molecule has 4 nitrogen and oxygen atoms in total. The summed E-state index contributed by atoms with van der Waals surface area (Å²) in [5.74, 6) is 1.49. The van der Waals surface area contributed by atoms with Gasteiger partial charge in [-0.25, -0.2) is 0 Å². The molecule has 0 bridgehead atoms. The molecule has 1 aromatic rings. The highest BCUT2D eigenvalue weighted by Gasteiger charge is 2.29. The van der Waals surface area contributed by atoms with Crippen LogP contribution in [0, 0.1) is 11.8 Å². The number of nitrogens with one attached hydrogen (secondary N) is 2. The first-order valence-corrected chi connectivity index (χ1v) is 7.46. The summed E-state index contributed by atoms with van der Waals surface area (Å²) >= 11 is 0. The molecule has 5 heteroatoms. The zero-order valence-corrected chi connectivity index (χ0v) is 13.1. The Balaban J connectivity index is 0.00000161. The number of halogens is 1. The van der Waals surface area contributed by atoms with Crippen molar-refractivity contribution >= 4 is 18.3 Å². The first-order chi connectivity index (χ1) is 9.74. The van der Waals surface area contributed by atoms with Crippen molar-refractivity contribution in [3.63, 3.8) is 0 Å². The summed E-state index contributed by atoms with van der Waals surface area (Å²) < 4.78 is 5.70. The van der Waals surface area contributed by atoms with Crippen molar-refractivity contribution < 1.29 is 9.53 Å². The second-order valence-corrected chi connectivity index (χ2v) is 5.90. The third-order valence-electron chi connectivity index (χ3n) is 4.36. The highest BCUT2D eigenvalue weighted by molar-refractivity contribution is 5.85. The van der Waals surface area contributed by atoms with Gasteiger partial charge in [-0.05, 0) is 43.5 Å². The molecule has 0 saturated carbocycles. The molecule has 0 aromatic heterocycles. The Hall–Kier alpha value is -1.26. The summed E-state index contributed by atoms with van der Waals surface area (Å²) in [4.78, 5) is 12.4. The van der Waals surface area contributed by atoms with E-state index in [0.717, 1.165) is 37.2 Å². The van der Waals surface area contributed by atoms with E-state index >= 15 is 0 Å². The summed E-state index contributed by atoms with van der Waals surface area (Å²) in [7, 11) is 0. The van der Waals surface area contributed by atoms with Crippen LogP contribution in [0.25, 0.3) is 0 Å². The molecule has 1 amide bonds. The molecule has 0 aliphatic carbocycles. The van der Waals surface area contributed by atoms with Gasteiger partial charge in [0.2, 0.25) is 5.91 Å². The second-order valence-electron chi connectivity index (χ2n) is 5.90. The van der Waals surface area contributed by atoms with Crippen molar-refractivity contribution in [3.8, 4) is 5.75 Å². The number of hydrogen-bond acceptors (Lipinski definition) is 3. The third kappa shape index (κ3) is 3.69. The summed E-state index contributed by atoms with van der Waals surface area (Å²) in [6.45, 7) is 4.64. The number of benzene rings is 1. The Bertz CT molecular complexity index is 495. The lowest BCUT2D eigenvalue weighted by Crippen LogP contribution is -2.51. The zero-order chi connectivity index (χ0) is 13.9. The summed E-state index contributed by atoms with van der Waals surface area (Å²) in [6.07, 6.45) is 1.79. The average Bonchev–Trinajstić information content (AvgIpc) is 2.49. The predicted molar refractivity (Wildman–Crippen MR) is 85.0 cm³/mol. The van der Waals surface area contributed by atoms with Crippen molar-refractivity contribution in [1.29, 1.82) is 0 Å². The molecule has 3 unspecified atom stereocenters. The molecule has 2 aliphatic rings. The highest BCUT2D eigenvalue weighted by atomic mass is 35.5. The number of carbonyl (C=O) groups is 1. The zero-order valence-electron chi connectivity index (χ0n) is 12.3. The number of amides is 1. The maximum atomic E-state index is 12.4. The Morgan fingerprint density at radius 1 is 1.38 bits per heavy atom. The van der Waals surface area contributed by atoms with Crippen LogP contribution < -0.4 is 15.4 Å². The second kappa shape index (κ2) is 7.14. The van der Waals surface area contributed by atoms with E-state index in [4.69, 9.17) is 4.74 Å². The van der Waals surface area contributed by atoms with Crippen LogP contribution in [0.1, 0.15) is 18.9 Å². The molecule has 2 N–H and O–H groups in total. The number of fused-ring (bicyclic) bond motifs is 1. The smallest absolute Gasteiger partial charge is 0.227 e. The molecule has 2 aliphatic heterocycles. The van der Waals surface area contributed by atoms with E-state index in [9.17, 15) is 4.79 Å². The Kier molecular flexibility index (Phi) is 5.48. The lowest BCUT2D eigenvalue weighted by Gasteiger charge is -2.32. The standard InChI is InChI=1S/C16H22N2O2.ClH/c1-11-9-17-7-6-14(11)18-16(19)13-8-12-4-2-3-5-15(12)20-10-13;/h2-5,11,13-14,17H,6-10H2,1H3,(H,18,19);1H. The number of rotatable bonds is 2. The van der Waals surface area contributed by atoms with Crippen molar-refractivity contribution in [2.45, 2.75) is 25.8 Å². The largest absolute Gasteiger partial charge is 0.492 e. The molecule has 116 valence electrons. The minimum absolute atomic E-state index is 0. The van der Waals surface area contributed by atoms with Gasteiger partial charge < -0.3 is 15.4 Å². The topological polar surface area (TPSA) is 50.4 Å². The van der Waals surface area contributed by atoms with E-state index in [1.807, 2.05) is 24.3 Å². The van der Waals surface area contributed by atoms with Gasteiger partial charge in [-0.15, -0.1) is 12.4 Å². The molecule has 1 fully saturated rings. The lowest BCUT2D eigenvalue weighted by atomic mass is 9.92. The minimum Gasteiger partial charge on any atom is -0.492 e. The fraction of sp³-hybridized carbons (Fsp3) is 0.562. The van der Waals surface area contributed by atoms with E-state index in [2.05, 4.69) is 17.6 Å². The molecule has 0 radical (unpaired) electrons. The van der Waals surface area contributed by atoms with E-state index in [1.54, 1.807) is 0 Å². The van der Waals surface area contributed by atoms with Gasteiger partial charge in [-0.1, -0.05) is 25.1 Å². The van der Waals surface area contributed by atoms with Gasteiger partial charge in [0.05, 0.1) is 5.92 Å². The molecule has 3 rings (SSSR count). The fourth-order valence-corrected chi connectivity index (χ4v) is 3.03. The minimum atomic E-state index is -0.0630. The summed E-state index contributed by atoms with van der Waals surface area (Å²) in [5, 5.41) is 6.56. The Morgan fingerprint density at radius 3 is 3.00 bits per heavy atom. The van der Waals surface area contributed by atoms with Crippen molar-refractivity contribution in [2.24, 2.45) is 11.8 Å². The van der Waals surface area contributed by atoms with Gasteiger partial charge in [0, 0.05) is 6.04 Å². The number of piperidine rings is 1. The van der Waals surface area contributed by atoms with Gasteiger partial charge in [-0.2, -0.15) is 0 Å². The number of ether oxygens (including phenoxy) is 1. The first kappa shape index (κ1) is 16.1. The molecule has 1 saturated heterocycles. The van der Waals surface area contributed by atoms with E-state index in [0.29, 0.717) is 18.6 Å². The molecule has 0 spiro atoms. The van der Waals surface area contributed by atoms with Crippen LogP contribution in [0.2, 0.25) is 0 Å². The molecule has 1 aromatic carbocycles. The molecule has 3 atom stereocenters. The van der Waals surface area contributed by atoms with Crippen LogP contribution in [0.3, 0.4) is 0 Å². The molecule has 21 heavy (non-hydrogen) atoms. The number of hydrogen-bond donors (Lipinski definition) is 2. The van der Waals surface area contributed by atoms with E-state index in [1.165, 1.54) is 0 Å². The fourth-order valence-electron chi connectivity index (χ4n) is 3.03. The summed E-state index contributed by atoms with van der Waals surface area (Å²) in [6, 6.07) is 8.27. The van der Waals surface area contributed by atoms with Crippen LogP contribution in [0.4, 0.5) is 0 Å². The van der Waals surface area contributed by atoms with Gasteiger partial charge in [0.15, 0.2) is 0 Å². The van der Waals surface area contributed by atoms with Crippen LogP contribution in [0.5, 0.6) is 5.75 Å². The Morgan fingerprint density at radius 2 is 2.19 bits per heavy atom. The van der Waals surface area contributed by atoms with Crippen molar-refractivity contribution in [3.05, 3.63) is 29.8 Å². The van der Waals surface area contributed by atoms with Crippen LogP contribution >= 0.6 is 12.4 Å². The average molecular weight is 311 g/mol. The van der Waals surface area contributed by atoms with Crippen LogP contribution in [-0.2, 0) is 11.2 Å². The molecule has 2 heterocycles. The van der Waals surface area contributed by atoms with Gasteiger partial charge in [-0.3, -0.25) is 4.79 Å². The lowest BCUT2D eigenvalue weighted by molar-refractivity contribution is -0.127.